The Hall–Kier alpha value is -1.58. The maximum Gasteiger partial charge on any atom is 0.303 e. The third-order valence-electron chi connectivity index (χ3n) is 1.80. The molecule has 0 atom stereocenters. The zero-order chi connectivity index (χ0) is 9.84. The van der Waals surface area contributed by atoms with Crippen LogP contribution in [0.4, 0.5) is 0 Å². The summed E-state index contributed by atoms with van der Waals surface area (Å²) in [7, 11) is 1.76. The van der Waals surface area contributed by atoms with Crippen LogP contribution in [-0.2, 0) is 11.8 Å². The first-order chi connectivity index (χ1) is 6.11. The van der Waals surface area contributed by atoms with Gasteiger partial charge in [-0.3, -0.25) is 9.59 Å². The molecule has 4 heteroatoms. The Morgan fingerprint density at radius 2 is 2.15 bits per heavy atom. The Morgan fingerprint density at radius 1 is 1.46 bits per heavy atom. The van der Waals surface area contributed by atoms with E-state index >= 15 is 0 Å². The molecule has 0 spiro atoms. The van der Waals surface area contributed by atoms with Gasteiger partial charge in [0.25, 0.3) is 0 Å². The van der Waals surface area contributed by atoms with Crippen molar-refractivity contribution in [3.63, 3.8) is 0 Å². The number of hydrogen-bond acceptors (Lipinski definition) is 2. The molecular weight excluding hydrogens is 170 g/mol. The maximum absolute atomic E-state index is 11.3. The van der Waals surface area contributed by atoms with Crippen LogP contribution in [0.2, 0.25) is 0 Å². The number of aryl methyl sites for hydroxylation is 1. The molecule has 0 aliphatic carbocycles. The number of ketones is 1. The number of Topliss-reactive ketones (excluding diaryl/α,β-unsaturated/α-hetero) is 1. The van der Waals surface area contributed by atoms with E-state index in [1.165, 1.54) is 0 Å². The largest absolute Gasteiger partial charge is 0.481 e. The molecule has 1 heterocycles. The van der Waals surface area contributed by atoms with Crippen LogP contribution in [0.1, 0.15) is 23.3 Å². The highest BCUT2D eigenvalue weighted by atomic mass is 16.4. The molecule has 0 fully saturated rings. The van der Waals surface area contributed by atoms with Crippen molar-refractivity contribution in [3.8, 4) is 0 Å². The van der Waals surface area contributed by atoms with Crippen LogP contribution in [0.25, 0.3) is 0 Å². The number of aromatic nitrogens is 1. The van der Waals surface area contributed by atoms with Crippen molar-refractivity contribution < 1.29 is 14.7 Å². The lowest BCUT2D eigenvalue weighted by Crippen LogP contribution is -2.07. The van der Waals surface area contributed by atoms with E-state index in [4.69, 9.17) is 5.11 Å². The van der Waals surface area contributed by atoms with Crippen molar-refractivity contribution >= 4 is 11.8 Å². The highest BCUT2D eigenvalue weighted by molar-refractivity contribution is 5.96. The number of hydrogen-bond donors (Lipinski definition) is 1. The van der Waals surface area contributed by atoms with Crippen molar-refractivity contribution in [2.45, 2.75) is 12.8 Å². The average Bonchev–Trinajstić information content (AvgIpc) is 2.47. The van der Waals surface area contributed by atoms with Gasteiger partial charge in [0, 0.05) is 19.7 Å². The number of carboxylic acids is 1. The summed E-state index contributed by atoms with van der Waals surface area (Å²) in [6, 6.07) is 3.44. The van der Waals surface area contributed by atoms with Crippen molar-refractivity contribution in [2.24, 2.45) is 7.05 Å². The molecule has 0 saturated carbocycles. The van der Waals surface area contributed by atoms with Crippen LogP contribution < -0.4 is 0 Å². The monoisotopic (exact) mass is 181 g/mol. The van der Waals surface area contributed by atoms with Gasteiger partial charge in [-0.2, -0.15) is 0 Å². The highest BCUT2D eigenvalue weighted by Gasteiger charge is 2.10. The summed E-state index contributed by atoms with van der Waals surface area (Å²) in [5.74, 6) is -1.07. The maximum atomic E-state index is 11.3. The van der Waals surface area contributed by atoms with Crippen molar-refractivity contribution in [2.75, 3.05) is 0 Å². The van der Waals surface area contributed by atoms with Gasteiger partial charge in [0.05, 0.1) is 12.1 Å². The molecule has 1 aromatic rings. The molecule has 0 saturated heterocycles. The Morgan fingerprint density at radius 3 is 2.62 bits per heavy atom. The highest BCUT2D eigenvalue weighted by Crippen LogP contribution is 2.05. The summed E-state index contributed by atoms with van der Waals surface area (Å²) in [5, 5.41) is 8.37. The lowest BCUT2D eigenvalue weighted by molar-refractivity contribution is -0.136. The molecular formula is C9H11NO3. The summed E-state index contributed by atoms with van der Waals surface area (Å²) >= 11 is 0. The average molecular weight is 181 g/mol. The number of aliphatic carboxylic acids is 1. The number of carbonyl (C=O) groups is 2. The van der Waals surface area contributed by atoms with Crippen LogP contribution in [0.5, 0.6) is 0 Å². The van der Waals surface area contributed by atoms with Gasteiger partial charge in [0.15, 0.2) is 5.78 Å². The summed E-state index contributed by atoms with van der Waals surface area (Å²) in [6.07, 6.45) is 1.71. The van der Waals surface area contributed by atoms with Crippen LogP contribution in [0.3, 0.4) is 0 Å². The predicted molar refractivity (Wildman–Crippen MR) is 46.6 cm³/mol. The van der Waals surface area contributed by atoms with Gasteiger partial charge >= 0.3 is 5.97 Å². The molecule has 0 aliphatic rings. The number of rotatable bonds is 4. The minimum atomic E-state index is -0.942. The molecule has 4 nitrogen and oxygen atoms in total. The fourth-order valence-electron chi connectivity index (χ4n) is 1.10. The van der Waals surface area contributed by atoms with Crippen LogP contribution in [0.15, 0.2) is 18.3 Å². The first-order valence-corrected chi connectivity index (χ1v) is 3.97. The second-order valence-electron chi connectivity index (χ2n) is 2.82. The van der Waals surface area contributed by atoms with Gasteiger partial charge in [-0.1, -0.05) is 0 Å². The lowest BCUT2D eigenvalue weighted by Gasteiger charge is -1.99. The van der Waals surface area contributed by atoms with E-state index in [0.29, 0.717) is 5.69 Å². The topological polar surface area (TPSA) is 59.3 Å². The van der Waals surface area contributed by atoms with Gasteiger partial charge < -0.3 is 9.67 Å². The van der Waals surface area contributed by atoms with Crippen LogP contribution in [0, 0.1) is 0 Å². The molecule has 1 N–H and O–H groups in total. The quantitative estimate of drug-likeness (QED) is 0.707. The van der Waals surface area contributed by atoms with E-state index in [-0.39, 0.29) is 18.6 Å². The van der Waals surface area contributed by atoms with Gasteiger partial charge in [0.1, 0.15) is 0 Å². The molecule has 0 aliphatic heterocycles. The minimum absolute atomic E-state index is 0.0627. The molecule has 0 bridgehead atoms. The molecule has 1 aromatic heterocycles. The number of carboxylic acid groups (broad SMARTS) is 1. The summed E-state index contributed by atoms with van der Waals surface area (Å²) in [6.45, 7) is 0. The summed E-state index contributed by atoms with van der Waals surface area (Å²) < 4.78 is 1.68. The first kappa shape index (κ1) is 9.51. The second kappa shape index (κ2) is 3.89. The number of carbonyl (C=O) groups excluding carboxylic acids is 1. The van der Waals surface area contributed by atoms with Gasteiger partial charge in [0.2, 0.25) is 0 Å². The van der Waals surface area contributed by atoms with E-state index in [2.05, 4.69) is 0 Å². The molecule has 1 rings (SSSR count). The number of nitrogens with zero attached hydrogens (tertiary/aromatic N) is 1. The Balaban J connectivity index is 2.59. The van der Waals surface area contributed by atoms with Crippen molar-refractivity contribution in [1.82, 2.24) is 4.57 Å². The van der Waals surface area contributed by atoms with Gasteiger partial charge in [-0.25, -0.2) is 0 Å². The zero-order valence-corrected chi connectivity index (χ0v) is 7.36. The molecule has 0 unspecified atom stereocenters. The predicted octanol–water partition coefficient (Wildman–Crippen LogP) is 1.07. The smallest absolute Gasteiger partial charge is 0.303 e. The van der Waals surface area contributed by atoms with Crippen molar-refractivity contribution in [1.29, 1.82) is 0 Å². The Bertz CT molecular complexity index is 327. The minimum Gasteiger partial charge on any atom is -0.481 e. The van der Waals surface area contributed by atoms with Crippen molar-refractivity contribution in [3.05, 3.63) is 24.0 Å². The van der Waals surface area contributed by atoms with E-state index in [9.17, 15) is 9.59 Å². The van der Waals surface area contributed by atoms with Gasteiger partial charge in [-0.15, -0.1) is 0 Å². The third kappa shape index (κ3) is 2.43. The molecule has 13 heavy (non-hydrogen) atoms. The van der Waals surface area contributed by atoms with E-state index in [0.717, 1.165) is 0 Å². The fraction of sp³-hybridized carbons (Fsp3) is 0.333. The first-order valence-electron chi connectivity index (χ1n) is 3.97. The fourth-order valence-corrected chi connectivity index (χ4v) is 1.10. The van der Waals surface area contributed by atoms with E-state index < -0.39 is 5.97 Å². The van der Waals surface area contributed by atoms with E-state index in [1.807, 2.05) is 0 Å². The summed E-state index contributed by atoms with van der Waals surface area (Å²) in [5.41, 5.74) is 0.557. The van der Waals surface area contributed by atoms with Crippen LogP contribution >= 0.6 is 0 Å². The van der Waals surface area contributed by atoms with Gasteiger partial charge in [-0.05, 0) is 12.1 Å². The van der Waals surface area contributed by atoms with E-state index in [1.54, 1.807) is 29.9 Å². The molecule has 0 amide bonds. The molecule has 70 valence electrons. The normalized spacial score (nSPS) is 9.92. The zero-order valence-electron chi connectivity index (χ0n) is 7.36. The summed E-state index contributed by atoms with van der Waals surface area (Å²) in [4.78, 5) is 21.5. The Kier molecular flexibility index (Phi) is 2.84. The SMILES string of the molecule is Cn1cccc1C(=O)CCC(=O)O. The third-order valence-corrected chi connectivity index (χ3v) is 1.80. The van der Waals surface area contributed by atoms with Crippen LogP contribution in [-0.4, -0.2) is 21.4 Å². The lowest BCUT2D eigenvalue weighted by atomic mass is 10.2. The molecule has 0 aromatic carbocycles. The molecule has 0 radical (unpaired) electrons. The standard InChI is InChI=1S/C9H11NO3/c1-10-6-2-3-7(10)8(11)4-5-9(12)13/h2-3,6H,4-5H2,1H3,(H,12,13). The second-order valence-corrected chi connectivity index (χ2v) is 2.82. The Labute approximate surface area is 75.8 Å².